The Kier molecular flexibility index (Phi) is 4.88. The van der Waals surface area contributed by atoms with Gasteiger partial charge in [-0.3, -0.25) is 0 Å². The highest BCUT2D eigenvalue weighted by Crippen LogP contribution is 2.31. The van der Waals surface area contributed by atoms with Crippen molar-refractivity contribution in [3.63, 3.8) is 0 Å². The predicted molar refractivity (Wildman–Crippen MR) is 102 cm³/mol. The van der Waals surface area contributed by atoms with Gasteiger partial charge in [-0.15, -0.1) is 0 Å². The number of fused-ring (bicyclic) bond motifs is 3. The molecule has 1 fully saturated rings. The summed E-state index contributed by atoms with van der Waals surface area (Å²) in [6, 6.07) is 9.04. The van der Waals surface area contributed by atoms with E-state index in [1.807, 2.05) is 11.6 Å². The Morgan fingerprint density at radius 3 is 2.19 bits per heavy atom. The molecule has 0 radical (unpaired) electrons. The summed E-state index contributed by atoms with van der Waals surface area (Å²) in [6.45, 7) is 2.90. The summed E-state index contributed by atoms with van der Waals surface area (Å²) in [4.78, 5) is 0. The van der Waals surface area contributed by atoms with Gasteiger partial charge in [-0.1, -0.05) is 0 Å². The second kappa shape index (κ2) is 7.15. The van der Waals surface area contributed by atoms with Crippen molar-refractivity contribution in [3.05, 3.63) is 48.0 Å². The standard InChI is InChI=1S/C19H21F2N3OS/c1-22-7-2-8-23(26-22)11-15(25)12-24-18-5-3-13(20)9-16(18)17-10-14(21)4-6-19(17)24/h3-6,9-10,15,25H,2,7-8,11-12H2,1H3. The minimum Gasteiger partial charge on any atom is -0.390 e. The molecule has 1 atom stereocenters. The van der Waals surface area contributed by atoms with Crippen LogP contribution in [0.4, 0.5) is 8.78 Å². The molecule has 2 heterocycles. The molecule has 138 valence electrons. The van der Waals surface area contributed by atoms with Crippen molar-refractivity contribution in [3.8, 4) is 0 Å². The first kappa shape index (κ1) is 17.7. The number of halogens is 2. The van der Waals surface area contributed by atoms with Crippen LogP contribution in [0.3, 0.4) is 0 Å². The topological polar surface area (TPSA) is 31.6 Å². The van der Waals surface area contributed by atoms with E-state index >= 15 is 0 Å². The third-order valence-corrected chi connectivity index (χ3v) is 5.76. The Bertz CT molecular complexity index is 886. The first-order valence-corrected chi connectivity index (χ1v) is 9.43. The highest BCUT2D eigenvalue weighted by molar-refractivity contribution is 7.94. The molecule has 1 aliphatic heterocycles. The Balaban J connectivity index is 1.66. The van der Waals surface area contributed by atoms with Crippen LogP contribution in [-0.4, -0.2) is 51.1 Å². The van der Waals surface area contributed by atoms with E-state index in [1.165, 1.54) is 24.3 Å². The first-order chi connectivity index (χ1) is 12.5. The van der Waals surface area contributed by atoms with Gasteiger partial charge in [0.15, 0.2) is 0 Å². The molecular weight excluding hydrogens is 356 g/mol. The molecule has 0 spiro atoms. The molecule has 26 heavy (non-hydrogen) atoms. The van der Waals surface area contributed by atoms with E-state index in [2.05, 4.69) is 8.61 Å². The van der Waals surface area contributed by atoms with E-state index < -0.39 is 6.10 Å². The van der Waals surface area contributed by atoms with Crippen molar-refractivity contribution in [2.24, 2.45) is 0 Å². The van der Waals surface area contributed by atoms with E-state index in [-0.39, 0.29) is 11.6 Å². The number of benzene rings is 2. The van der Waals surface area contributed by atoms with Gasteiger partial charge in [0, 0.05) is 53.6 Å². The minimum absolute atomic E-state index is 0.353. The molecule has 3 aromatic rings. The largest absolute Gasteiger partial charge is 0.390 e. The Morgan fingerprint density at radius 2 is 1.62 bits per heavy atom. The molecule has 1 unspecified atom stereocenters. The molecule has 0 aliphatic carbocycles. The zero-order valence-electron chi connectivity index (χ0n) is 14.5. The zero-order chi connectivity index (χ0) is 18.3. The molecule has 1 aromatic heterocycles. The summed E-state index contributed by atoms with van der Waals surface area (Å²) >= 11 is 1.64. The van der Waals surface area contributed by atoms with Gasteiger partial charge in [-0.05, 0) is 49.9 Å². The molecule has 0 bridgehead atoms. The van der Waals surface area contributed by atoms with E-state index in [1.54, 1.807) is 24.3 Å². The van der Waals surface area contributed by atoms with Gasteiger partial charge >= 0.3 is 0 Å². The lowest BCUT2D eigenvalue weighted by atomic mass is 10.1. The van der Waals surface area contributed by atoms with Crippen LogP contribution in [0.15, 0.2) is 36.4 Å². The maximum absolute atomic E-state index is 13.7. The highest BCUT2D eigenvalue weighted by Gasteiger charge is 2.20. The van der Waals surface area contributed by atoms with Crippen LogP contribution in [0.25, 0.3) is 21.8 Å². The van der Waals surface area contributed by atoms with Gasteiger partial charge in [0.2, 0.25) is 0 Å². The summed E-state index contributed by atoms with van der Waals surface area (Å²) < 4.78 is 33.7. The monoisotopic (exact) mass is 377 g/mol. The zero-order valence-corrected chi connectivity index (χ0v) is 15.3. The number of aromatic nitrogens is 1. The molecule has 1 saturated heterocycles. The Labute approximate surface area is 155 Å². The molecule has 7 heteroatoms. The SMILES string of the molecule is CN1CCCN(CC(O)Cn2c3ccc(F)cc3c3cc(F)ccc32)S1. The number of rotatable bonds is 4. The van der Waals surface area contributed by atoms with Crippen LogP contribution in [0.1, 0.15) is 6.42 Å². The summed E-state index contributed by atoms with van der Waals surface area (Å²) in [5.41, 5.74) is 1.60. The summed E-state index contributed by atoms with van der Waals surface area (Å²) in [5, 5.41) is 12.0. The molecule has 4 nitrogen and oxygen atoms in total. The van der Waals surface area contributed by atoms with Gasteiger partial charge in [0.05, 0.1) is 12.6 Å². The number of aliphatic hydroxyl groups is 1. The van der Waals surface area contributed by atoms with Crippen molar-refractivity contribution >= 4 is 33.9 Å². The third-order valence-electron chi connectivity index (χ3n) is 4.73. The van der Waals surface area contributed by atoms with E-state index in [9.17, 15) is 13.9 Å². The Hall–Kier alpha value is -1.67. The van der Waals surface area contributed by atoms with Gasteiger partial charge < -0.3 is 9.67 Å². The van der Waals surface area contributed by atoms with E-state index in [0.29, 0.717) is 23.9 Å². The van der Waals surface area contributed by atoms with Crippen LogP contribution < -0.4 is 0 Å². The smallest absolute Gasteiger partial charge is 0.123 e. The van der Waals surface area contributed by atoms with Crippen LogP contribution in [0, 0.1) is 11.6 Å². The molecule has 4 rings (SSSR count). The fourth-order valence-corrected chi connectivity index (χ4v) is 4.68. The number of hydrogen-bond donors (Lipinski definition) is 1. The maximum Gasteiger partial charge on any atom is 0.123 e. The third kappa shape index (κ3) is 3.44. The summed E-state index contributed by atoms with van der Waals surface area (Å²) in [5.74, 6) is -0.705. The first-order valence-electron chi connectivity index (χ1n) is 8.70. The van der Waals surface area contributed by atoms with Crippen molar-refractivity contribution in [2.45, 2.75) is 19.1 Å². The molecular formula is C19H21F2N3OS. The normalized spacial score (nSPS) is 18.0. The van der Waals surface area contributed by atoms with Crippen molar-refractivity contribution in [2.75, 3.05) is 26.7 Å². The molecule has 0 amide bonds. The highest BCUT2D eigenvalue weighted by atomic mass is 32.2. The lowest BCUT2D eigenvalue weighted by Crippen LogP contribution is -2.37. The summed E-state index contributed by atoms with van der Waals surface area (Å²) in [7, 11) is 2.04. The molecule has 1 N–H and O–H groups in total. The van der Waals surface area contributed by atoms with Crippen LogP contribution in [0.5, 0.6) is 0 Å². The van der Waals surface area contributed by atoms with Gasteiger partial charge in [-0.2, -0.15) is 0 Å². The number of hydrogen-bond acceptors (Lipinski definition) is 4. The van der Waals surface area contributed by atoms with Crippen molar-refractivity contribution in [1.82, 2.24) is 13.2 Å². The summed E-state index contributed by atoms with van der Waals surface area (Å²) in [6.07, 6.45) is 0.493. The van der Waals surface area contributed by atoms with Gasteiger partial charge in [-0.25, -0.2) is 17.4 Å². The van der Waals surface area contributed by atoms with Gasteiger partial charge in [0.1, 0.15) is 11.6 Å². The van der Waals surface area contributed by atoms with E-state index in [0.717, 1.165) is 30.5 Å². The average Bonchev–Trinajstić information content (AvgIpc) is 2.87. The van der Waals surface area contributed by atoms with E-state index in [4.69, 9.17) is 0 Å². The Morgan fingerprint density at radius 1 is 1.00 bits per heavy atom. The number of β-amino-alcohol motifs (C(OH)–C–C–N with tert-alkyl or cyclic N) is 1. The fraction of sp³-hybridized carbons (Fsp3) is 0.368. The lowest BCUT2D eigenvalue weighted by Gasteiger charge is -2.32. The average molecular weight is 377 g/mol. The second-order valence-electron chi connectivity index (χ2n) is 6.76. The maximum atomic E-state index is 13.7. The van der Waals surface area contributed by atoms with Crippen LogP contribution in [-0.2, 0) is 6.54 Å². The lowest BCUT2D eigenvalue weighted by molar-refractivity contribution is 0.129. The second-order valence-corrected chi connectivity index (χ2v) is 8.07. The quantitative estimate of drug-likeness (QED) is 0.704. The van der Waals surface area contributed by atoms with Crippen molar-refractivity contribution < 1.29 is 13.9 Å². The predicted octanol–water partition coefficient (Wildman–Crippen LogP) is 3.63. The fourth-order valence-electron chi connectivity index (χ4n) is 3.62. The molecule has 2 aromatic carbocycles. The van der Waals surface area contributed by atoms with Crippen molar-refractivity contribution in [1.29, 1.82) is 0 Å². The molecule has 0 saturated carbocycles. The minimum atomic E-state index is -0.581. The number of aliphatic hydroxyl groups excluding tert-OH is 1. The van der Waals surface area contributed by atoms with Crippen LogP contribution >= 0.6 is 12.1 Å². The van der Waals surface area contributed by atoms with Crippen LogP contribution in [0.2, 0.25) is 0 Å². The number of nitrogens with zero attached hydrogens (tertiary/aromatic N) is 3. The van der Waals surface area contributed by atoms with Gasteiger partial charge in [0.25, 0.3) is 0 Å². The molecule has 1 aliphatic rings.